The monoisotopic (exact) mass is 952 g/mol. The highest BCUT2D eigenvalue weighted by atomic mass is 79.9. The molecule has 13 heteroatoms. The Hall–Kier alpha value is -4.30. The molecule has 0 aliphatic carbocycles. The molecule has 0 bridgehead atoms. The summed E-state index contributed by atoms with van der Waals surface area (Å²) in [5, 5.41) is 21.0. The summed E-state index contributed by atoms with van der Waals surface area (Å²) in [5.74, 6) is 1.01. The number of hydrogen-bond acceptors (Lipinski definition) is 8. The van der Waals surface area contributed by atoms with Gasteiger partial charge in [-0.05, 0) is 166 Å². The van der Waals surface area contributed by atoms with E-state index in [1.807, 2.05) is 79.7 Å². The largest absolute Gasteiger partial charge is 0.489 e. The average molecular weight is 955 g/mol. The first-order chi connectivity index (χ1) is 27.0. The van der Waals surface area contributed by atoms with Crippen molar-refractivity contribution in [2.45, 2.75) is 127 Å². The van der Waals surface area contributed by atoms with Gasteiger partial charge >= 0.3 is 7.12 Å². The van der Waals surface area contributed by atoms with Gasteiger partial charge < -0.3 is 20.8 Å². The van der Waals surface area contributed by atoms with Gasteiger partial charge in [-0.1, -0.05) is 87.4 Å². The lowest BCUT2D eigenvalue weighted by atomic mass is 9.81. The first-order valence-electron chi connectivity index (χ1n) is 19.3. The fourth-order valence-electron chi connectivity index (χ4n) is 5.40. The molecule has 4 aromatic carbocycles. The van der Waals surface area contributed by atoms with E-state index >= 15 is 0 Å². The molecule has 0 amide bonds. The summed E-state index contributed by atoms with van der Waals surface area (Å²) in [6.07, 6.45) is 0. The second-order valence-corrected chi connectivity index (χ2v) is 18.1. The minimum Gasteiger partial charge on any atom is -0.400 e. The van der Waals surface area contributed by atoms with Crippen LogP contribution in [0.1, 0.15) is 127 Å². The average Bonchev–Trinajstić information content (AvgIpc) is 3.34. The highest BCUT2D eigenvalue weighted by molar-refractivity contribution is 9.10. The molecule has 0 unspecified atom stereocenters. The number of rotatable bonds is 6. The van der Waals surface area contributed by atoms with Crippen molar-refractivity contribution in [3.63, 3.8) is 0 Å². The first kappa shape index (κ1) is 55.7. The lowest BCUT2D eigenvalue weighted by Gasteiger charge is -2.32. The highest BCUT2D eigenvalue weighted by Gasteiger charge is 2.51. The normalized spacial score (nSPS) is 13.1. The fourth-order valence-corrected chi connectivity index (χ4v) is 6.15. The molecule has 4 N–H and O–H groups in total. The highest BCUT2D eigenvalue weighted by Crippen LogP contribution is 2.38. The number of nitrogens with two attached hydrogens (primary N) is 2. The van der Waals surface area contributed by atoms with Crippen LogP contribution in [0.5, 0.6) is 0 Å². The van der Waals surface area contributed by atoms with Crippen LogP contribution in [0.15, 0.2) is 94.3 Å². The number of hydrogen-bond donors (Lipinski definition) is 2. The number of nitro groups is 2. The number of halogens is 2. The first-order valence-corrected chi connectivity index (χ1v) is 20.8. The Morgan fingerprint density at radius 1 is 0.667 bits per heavy atom. The second-order valence-electron chi connectivity index (χ2n) is 16.4. The molecule has 328 valence electrons. The van der Waals surface area contributed by atoms with Crippen molar-refractivity contribution in [1.82, 2.24) is 0 Å². The zero-order valence-corrected chi connectivity index (χ0v) is 40.4. The van der Waals surface area contributed by atoms with Crippen LogP contribution in [0.2, 0.25) is 0 Å². The maximum Gasteiger partial charge on any atom is 0.489 e. The summed E-state index contributed by atoms with van der Waals surface area (Å²) < 4.78 is 13.1. The molecule has 5 rings (SSSR count). The van der Waals surface area contributed by atoms with Crippen LogP contribution in [0.4, 0.5) is 22.7 Å². The van der Waals surface area contributed by atoms with Gasteiger partial charge in [0.1, 0.15) is 0 Å². The van der Waals surface area contributed by atoms with E-state index in [0.29, 0.717) is 27.4 Å². The minimum absolute atomic E-state index is 0. The Kier molecular flexibility index (Phi) is 22.5. The summed E-state index contributed by atoms with van der Waals surface area (Å²) in [4.78, 5) is 20.2. The molecule has 0 aromatic heterocycles. The molecule has 1 saturated heterocycles. The molecule has 10 nitrogen and oxygen atoms in total. The topological polar surface area (TPSA) is 157 Å². The zero-order chi connectivity index (χ0) is 45.7. The Balaban J connectivity index is 0.000000723. The fraction of sp³-hybridized carbons (Fsp3) is 0.404. The Morgan fingerprint density at radius 2 is 1.08 bits per heavy atom. The van der Waals surface area contributed by atoms with E-state index in [-0.39, 0.29) is 42.0 Å². The van der Waals surface area contributed by atoms with Crippen LogP contribution >= 0.6 is 31.9 Å². The van der Waals surface area contributed by atoms with Gasteiger partial charge in [0, 0.05) is 28.0 Å². The number of allylic oxidation sites excluding steroid dienone is 2. The van der Waals surface area contributed by atoms with Crippen molar-refractivity contribution in [1.29, 1.82) is 0 Å². The number of aryl methyl sites for hydroxylation is 4. The Bertz CT molecular complexity index is 2100. The van der Waals surface area contributed by atoms with E-state index < -0.39 is 4.92 Å². The number of nitrogens with zero attached hydrogens (tertiary/aromatic N) is 2. The maximum atomic E-state index is 10.6. The SMILES string of the molecule is C.C=C(C)B1OC(C)(C)C(C)(C)O1.C=C(C)c1ccc(C)cc1[N+](=O)[O-].Cc1cc(N)c(C(C)C)cc1Br.Cc1ccc(Br)c([N+](=O)[O-])c1.Cc1ccc(C(C)C)c(N)c1. The smallest absolute Gasteiger partial charge is 0.400 e. The molecule has 1 aliphatic heterocycles. The van der Waals surface area contributed by atoms with Crippen molar-refractivity contribution in [2.75, 3.05) is 11.5 Å². The third-order valence-electron chi connectivity index (χ3n) is 9.61. The van der Waals surface area contributed by atoms with Crippen molar-refractivity contribution < 1.29 is 19.2 Å². The molecule has 60 heavy (non-hydrogen) atoms. The van der Waals surface area contributed by atoms with Gasteiger partial charge in [0.2, 0.25) is 0 Å². The molecule has 1 heterocycles. The van der Waals surface area contributed by atoms with Gasteiger partial charge in [-0.15, -0.1) is 6.58 Å². The predicted octanol–water partition coefficient (Wildman–Crippen LogP) is 14.6. The molecular weight excluding hydrogens is 887 g/mol. The van der Waals surface area contributed by atoms with E-state index in [1.165, 1.54) is 28.3 Å². The zero-order valence-electron chi connectivity index (χ0n) is 37.3. The standard InChI is InChI=1S/C10H14BrN.C10H11NO2.C10H15N.C9H17BO2.C7H6BrNO2.CH4/c1-6(2)8-5-9(11)7(3)4-10(8)12;1-7(2)9-5-4-8(3)6-10(9)11(12)13;1-7(2)9-5-4-8(3)6-10(9)11;1-7(2)10-11-8(3,4)9(5,6)12-10;1-5-2-3-6(8)7(4-5)9(10)11;/h4-6H,12H2,1-3H3;4-6H,1H2,2-3H3;4-7H,11H2,1-3H3;1H2,2-6H3;2-4H,1H3;1H4. The van der Waals surface area contributed by atoms with Crippen molar-refractivity contribution in [3.05, 3.63) is 153 Å². The molecule has 0 radical (unpaired) electrons. The second kappa shape index (κ2) is 24.2. The van der Waals surface area contributed by atoms with Gasteiger partial charge in [0.15, 0.2) is 0 Å². The number of nitro benzene ring substituents is 2. The van der Waals surface area contributed by atoms with Gasteiger partial charge in [0.05, 0.1) is 31.1 Å². The summed E-state index contributed by atoms with van der Waals surface area (Å²) in [5.41, 5.74) is 22.2. The molecular formula is C47H67BBr2N4O6. The van der Waals surface area contributed by atoms with Gasteiger partial charge in [0.25, 0.3) is 11.4 Å². The minimum atomic E-state index is -0.406. The lowest BCUT2D eigenvalue weighted by Crippen LogP contribution is -2.41. The molecule has 0 atom stereocenters. The molecule has 1 aliphatic rings. The number of benzene rings is 4. The van der Waals surface area contributed by atoms with Gasteiger partial charge in [-0.2, -0.15) is 0 Å². The summed E-state index contributed by atoms with van der Waals surface area (Å²) in [6.45, 7) is 35.7. The quantitative estimate of drug-likeness (QED) is 0.0837. The van der Waals surface area contributed by atoms with Crippen LogP contribution < -0.4 is 11.5 Å². The van der Waals surface area contributed by atoms with Crippen LogP contribution in [-0.2, 0) is 9.31 Å². The van der Waals surface area contributed by atoms with E-state index in [9.17, 15) is 20.2 Å². The van der Waals surface area contributed by atoms with E-state index in [1.54, 1.807) is 25.1 Å². The van der Waals surface area contributed by atoms with Crippen LogP contribution in [0.3, 0.4) is 0 Å². The Morgan fingerprint density at radius 3 is 1.47 bits per heavy atom. The van der Waals surface area contributed by atoms with E-state index in [2.05, 4.69) is 97.8 Å². The van der Waals surface area contributed by atoms with Crippen molar-refractivity contribution in [3.8, 4) is 0 Å². The molecule has 0 saturated carbocycles. The molecule has 0 spiro atoms. The third-order valence-corrected chi connectivity index (χ3v) is 11.1. The molecule has 1 fully saturated rings. The number of anilines is 2. The maximum absolute atomic E-state index is 10.6. The predicted molar refractivity (Wildman–Crippen MR) is 263 cm³/mol. The van der Waals surface area contributed by atoms with Crippen molar-refractivity contribution >= 4 is 67.3 Å². The lowest BCUT2D eigenvalue weighted by molar-refractivity contribution is -0.385. The third kappa shape index (κ3) is 17.0. The summed E-state index contributed by atoms with van der Waals surface area (Å²) in [6, 6.07) is 20.5. The van der Waals surface area contributed by atoms with E-state index in [0.717, 1.165) is 32.4 Å². The summed E-state index contributed by atoms with van der Waals surface area (Å²) >= 11 is 6.58. The number of nitrogen functional groups attached to an aromatic ring is 2. The van der Waals surface area contributed by atoms with Gasteiger partial charge in [-0.25, -0.2) is 0 Å². The van der Waals surface area contributed by atoms with Crippen LogP contribution in [-0.4, -0.2) is 28.2 Å². The van der Waals surface area contributed by atoms with Crippen LogP contribution in [0, 0.1) is 47.9 Å². The molecule has 4 aromatic rings. The van der Waals surface area contributed by atoms with Crippen LogP contribution in [0.25, 0.3) is 5.57 Å². The van der Waals surface area contributed by atoms with Crippen molar-refractivity contribution in [2.24, 2.45) is 0 Å². The van der Waals surface area contributed by atoms with E-state index in [4.69, 9.17) is 20.8 Å². The Labute approximate surface area is 376 Å². The van der Waals surface area contributed by atoms with Gasteiger partial charge in [-0.3, -0.25) is 20.2 Å². The summed E-state index contributed by atoms with van der Waals surface area (Å²) in [7, 11) is -0.241.